The van der Waals surface area contributed by atoms with Gasteiger partial charge in [-0.25, -0.2) is 0 Å². The lowest BCUT2D eigenvalue weighted by molar-refractivity contribution is -0.130. The lowest BCUT2D eigenvalue weighted by Gasteiger charge is -2.21. The van der Waals surface area contributed by atoms with E-state index in [4.69, 9.17) is 0 Å². The summed E-state index contributed by atoms with van der Waals surface area (Å²) in [6.45, 7) is 7.79. The number of likely N-dealkylation sites (tertiary alicyclic amines) is 1. The molecule has 0 aromatic rings. The fourth-order valence-corrected chi connectivity index (χ4v) is 2.00. The molecule has 0 aromatic heterocycles. The quantitative estimate of drug-likeness (QED) is 0.778. The van der Waals surface area contributed by atoms with E-state index in [1.54, 1.807) is 0 Å². The molecule has 1 unspecified atom stereocenters. The van der Waals surface area contributed by atoms with Crippen molar-refractivity contribution in [3.63, 3.8) is 0 Å². The average molecular weight is 226 g/mol. The molecule has 1 heterocycles. The Morgan fingerprint density at radius 3 is 2.44 bits per heavy atom. The van der Waals surface area contributed by atoms with Crippen molar-refractivity contribution >= 4 is 5.91 Å². The van der Waals surface area contributed by atoms with E-state index in [1.165, 1.54) is 32.1 Å². The van der Waals surface area contributed by atoms with Crippen molar-refractivity contribution in [1.82, 2.24) is 10.2 Å². The van der Waals surface area contributed by atoms with Crippen molar-refractivity contribution in [2.45, 2.75) is 46.0 Å². The largest absolute Gasteiger partial charge is 0.342 e. The van der Waals surface area contributed by atoms with Crippen LogP contribution < -0.4 is 5.32 Å². The first kappa shape index (κ1) is 13.5. The van der Waals surface area contributed by atoms with Crippen LogP contribution in [0.3, 0.4) is 0 Å². The van der Waals surface area contributed by atoms with E-state index < -0.39 is 0 Å². The highest BCUT2D eigenvalue weighted by molar-refractivity contribution is 5.78. The number of carbonyl (C=O) groups is 1. The molecule has 1 aliphatic heterocycles. The Balaban J connectivity index is 2.17. The molecule has 0 aromatic carbocycles. The number of amides is 1. The first-order valence-corrected chi connectivity index (χ1v) is 6.72. The molecular formula is C13H26N2O. The van der Waals surface area contributed by atoms with Gasteiger partial charge in [-0.2, -0.15) is 0 Å². The van der Waals surface area contributed by atoms with Crippen molar-refractivity contribution < 1.29 is 4.79 Å². The molecule has 0 aliphatic carbocycles. The number of carbonyl (C=O) groups excluding carboxylic acids is 1. The van der Waals surface area contributed by atoms with Gasteiger partial charge >= 0.3 is 0 Å². The SMILES string of the molecule is CCC(C)CNCC(=O)N1CCCCCC1. The molecular weight excluding hydrogens is 200 g/mol. The molecule has 0 spiro atoms. The van der Waals surface area contributed by atoms with Crippen molar-refractivity contribution in [2.75, 3.05) is 26.2 Å². The third kappa shape index (κ3) is 4.97. The lowest BCUT2D eigenvalue weighted by atomic mass is 10.1. The highest BCUT2D eigenvalue weighted by Crippen LogP contribution is 2.09. The van der Waals surface area contributed by atoms with Crippen LogP contribution in [0.15, 0.2) is 0 Å². The Labute approximate surface area is 99.6 Å². The Bertz CT molecular complexity index is 198. The number of hydrogen-bond acceptors (Lipinski definition) is 2. The van der Waals surface area contributed by atoms with Crippen LogP contribution in [0.25, 0.3) is 0 Å². The molecule has 0 saturated carbocycles. The van der Waals surface area contributed by atoms with E-state index in [9.17, 15) is 4.79 Å². The second kappa shape index (κ2) is 7.66. The van der Waals surface area contributed by atoms with Gasteiger partial charge in [0.2, 0.25) is 5.91 Å². The first-order chi connectivity index (χ1) is 7.74. The monoisotopic (exact) mass is 226 g/mol. The van der Waals surface area contributed by atoms with Gasteiger partial charge in [-0.1, -0.05) is 33.1 Å². The first-order valence-electron chi connectivity index (χ1n) is 6.72. The molecule has 1 fully saturated rings. The van der Waals surface area contributed by atoms with Crippen molar-refractivity contribution in [3.05, 3.63) is 0 Å². The third-order valence-electron chi connectivity index (χ3n) is 3.42. The predicted octanol–water partition coefficient (Wildman–Crippen LogP) is 2.02. The van der Waals surface area contributed by atoms with E-state index in [2.05, 4.69) is 19.2 Å². The van der Waals surface area contributed by atoms with E-state index in [1.807, 2.05) is 4.90 Å². The molecule has 3 heteroatoms. The Hall–Kier alpha value is -0.570. The summed E-state index contributed by atoms with van der Waals surface area (Å²) in [4.78, 5) is 13.9. The van der Waals surface area contributed by atoms with Crippen molar-refractivity contribution in [1.29, 1.82) is 0 Å². The Morgan fingerprint density at radius 2 is 1.88 bits per heavy atom. The Kier molecular flexibility index (Phi) is 6.46. The zero-order valence-electron chi connectivity index (χ0n) is 10.8. The molecule has 1 N–H and O–H groups in total. The van der Waals surface area contributed by atoms with Crippen LogP contribution in [-0.4, -0.2) is 37.0 Å². The summed E-state index contributed by atoms with van der Waals surface area (Å²) >= 11 is 0. The van der Waals surface area contributed by atoms with E-state index >= 15 is 0 Å². The molecule has 0 radical (unpaired) electrons. The number of nitrogens with one attached hydrogen (secondary N) is 1. The summed E-state index contributed by atoms with van der Waals surface area (Å²) in [6, 6.07) is 0. The van der Waals surface area contributed by atoms with E-state index in [0.29, 0.717) is 12.5 Å². The normalized spacial score (nSPS) is 19.2. The number of nitrogens with zero attached hydrogens (tertiary/aromatic N) is 1. The summed E-state index contributed by atoms with van der Waals surface area (Å²) in [5, 5.41) is 3.26. The standard InChI is InChI=1S/C13H26N2O/c1-3-12(2)10-14-11-13(16)15-8-6-4-5-7-9-15/h12,14H,3-11H2,1-2H3. The number of rotatable bonds is 5. The lowest BCUT2D eigenvalue weighted by Crippen LogP contribution is -2.39. The molecule has 1 rings (SSSR count). The van der Waals surface area contributed by atoms with Crippen LogP contribution in [0, 0.1) is 5.92 Å². The van der Waals surface area contributed by atoms with Gasteiger partial charge in [0.1, 0.15) is 0 Å². The maximum Gasteiger partial charge on any atom is 0.236 e. The highest BCUT2D eigenvalue weighted by Gasteiger charge is 2.14. The van der Waals surface area contributed by atoms with Gasteiger partial charge < -0.3 is 10.2 Å². The third-order valence-corrected chi connectivity index (χ3v) is 3.42. The van der Waals surface area contributed by atoms with Crippen molar-refractivity contribution in [3.8, 4) is 0 Å². The van der Waals surface area contributed by atoms with Crippen LogP contribution in [0.2, 0.25) is 0 Å². The summed E-state index contributed by atoms with van der Waals surface area (Å²) in [5.41, 5.74) is 0. The fraction of sp³-hybridized carbons (Fsp3) is 0.923. The summed E-state index contributed by atoms with van der Waals surface area (Å²) in [5.74, 6) is 0.946. The van der Waals surface area contributed by atoms with Gasteiger partial charge in [0.25, 0.3) is 0 Å². The van der Waals surface area contributed by atoms with Gasteiger partial charge in [-0.3, -0.25) is 4.79 Å². The molecule has 1 amide bonds. The van der Waals surface area contributed by atoms with Crippen LogP contribution in [0.4, 0.5) is 0 Å². The Morgan fingerprint density at radius 1 is 1.25 bits per heavy atom. The summed E-state index contributed by atoms with van der Waals surface area (Å²) in [7, 11) is 0. The maximum absolute atomic E-state index is 11.9. The van der Waals surface area contributed by atoms with Gasteiger partial charge in [0.15, 0.2) is 0 Å². The minimum Gasteiger partial charge on any atom is -0.342 e. The van der Waals surface area contributed by atoms with Crippen LogP contribution >= 0.6 is 0 Å². The molecule has 0 bridgehead atoms. The molecule has 16 heavy (non-hydrogen) atoms. The molecule has 1 aliphatic rings. The molecule has 1 atom stereocenters. The van der Waals surface area contributed by atoms with Crippen LogP contribution in [0.5, 0.6) is 0 Å². The molecule has 1 saturated heterocycles. The van der Waals surface area contributed by atoms with Gasteiger partial charge in [0, 0.05) is 13.1 Å². The van der Waals surface area contributed by atoms with Crippen LogP contribution in [0.1, 0.15) is 46.0 Å². The number of hydrogen-bond donors (Lipinski definition) is 1. The van der Waals surface area contributed by atoms with Gasteiger partial charge in [-0.15, -0.1) is 0 Å². The second-order valence-corrected chi connectivity index (χ2v) is 4.94. The highest BCUT2D eigenvalue weighted by atomic mass is 16.2. The zero-order chi connectivity index (χ0) is 11.8. The van der Waals surface area contributed by atoms with Crippen LogP contribution in [-0.2, 0) is 4.79 Å². The molecule has 3 nitrogen and oxygen atoms in total. The fourth-order valence-electron chi connectivity index (χ4n) is 2.00. The van der Waals surface area contributed by atoms with Crippen molar-refractivity contribution in [2.24, 2.45) is 5.92 Å². The minimum absolute atomic E-state index is 0.283. The smallest absolute Gasteiger partial charge is 0.236 e. The topological polar surface area (TPSA) is 32.3 Å². The van der Waals surface area contributed by atoms with Gasteiger partial charge in [-0.05, 0) is 25.3 Å². The zero-order valence-corrected chi connectivity index (χ0v) is 10.8. The van der Waals surface area contributed by atoms with Gasteiger partial charge in [0.05, 0.1) is 6.54 Å². The molecule has 94 valence electrons. The minimum atomic E-state index is 0.283. The summed E-state index contributed by atoms with van der Waals surface area (Å²) < 4.78 is 0. The summed E-state index contributed by atoms with van der Waals surface area (Å²) in [6.07, 6.45) is 6.09. The average Bonchev–Trinajstić information content (AvgIpc) is 2.57. The predicted molar refractivity (Wildman–Crippen MR) is 67.4 cm³/mol. The maximum atomic E-state index is 11.9. The second-order valence-electron chi connectivity index (χ2n) is 4.94. The van der Waals surface area contributed by atoms with E-state index in [0.717, 1.165) is 19.6 Å². The van der Waals surface area contributed by atoms with E-state index in [-0.39, 0.29) is 5.91 Å².